The number of nitrogens with zero attached hydrogens (tertiary/aromatic N) is 5. The van der Waals surface area contributed by atoms with Crippen LogP contribution < -0.4 is 10.6 Å². The number of rotatable bonds is 3. The Morgan fingerprint density at radius 1 is 1.08 bits per heavy atom. The first-order valence-corrected chi connectivity index (χ1v) is 11.7. The normalized spacial score (nSPS) is 15.3. The van der Waals surface area contributed by atoms with Crippen molar-refractivity contribution in [3.05, 3.63) is 89.5 Å². The van der Waals surface area contributed by atoms with Gasteiger partial charge in [0, 0.05) is 47.4 Å². The second-order valence-corrected chi connectivity index (χ2v) is 9.16. The Balaban J connectivity index is 1.47. The predicted octanol–water partition coefficient (Wildman–Crippen LogP) is 5.45. The summed E-state index contributed by atoms with van der Waals surface area (Å²) in [6, 6.07) is 10.3. The van der Waals surface area contributed by atoms with Gasteiger partial charge in [0.1, 0.15) is 5.82 Å². The van der Waals surface area contributed by atoms with E-state index < -0.39 is 17.8 Å². The Morgan fingerprint density at radius 2 is 1.92 bits per heavy atom. The number of aromatic nitrogens is 4. The molecule has 186 valence electrons. The van der Waals surface area contributed by atoms with Gasteiger partial charge in [-0.1, -0.05) is 6.07 Å². The summed E-state index contributed by atoms with van der Waals surface area (Å²) in [5.74, 6) is 0.0864. The monoisotopic (exact) mass is 502 g/mol. The number of carbonyl (C=O) groups is 1. The molecule has 7 nitrogen and oxygen atoms in total. The van der Waals surface area contributed by atoms with Crippen molar-refractivity contribution in [1.29, 1.82) is 0 Å². The smallest absolute Gasteiger partial charge is 0.383 e. The van der Waals surface area contributed by atoms with Crippen LogP contribution in [0.15, 0.2) is 67.3 Å². The van der Waals surface area contributed by atoms with Crippen LogP contribution >= 0.6 is 0 Å². The first-order chi connectivity index (χ1) is 17.7. The van der Waals surface area contributed by atoms with Crippen LogP contribution in [0.1, 0.15) is 39.5 Å². The molecule has 2 aromatic carbocycles. The van der Waals surface area contributed by atoms with Crippen LogP contribution in [0, 0.1) is 0 Å². The predicted molar refractivity (Wildman–Crippen MR) is 134 cm³/mol. The first kappa shape index (κ1) is 23.0. The number of benzene rings is 2. The summed E-state index contributed by atoms with van der Waals surface area (Å²) in [6.07, 6.45) is 3.14. The van der Waals surface area contributed by atoms with Crippen molar-refractivity contribution >= 4 is 39.1 Å². The first-order valence-electron chi connectivity index (χ1n) is 11.7. The van der Waals surface area contributed by atoms with Gasteiger partial charge in [0.2, 0.25) is 0 Å². The van der Waals surface area contributed by atoms with Crippen LogP contribution in [0.25, 0.3) is 21.7 Å². The Morgan fingerprint density at radius 3 is 2.68 bits per heavy atom. The number of hydrogen-bond acceptors (Lipinski definition) is 5. The number of hydrogen-bond donors (Lipinski definition) is 1. The highest BCUT2D eigenvalue weighted by atomic mass is 19.4. The molecule has 1 aliphatic carbocycles. The Labute approximate surface area is 209 Å². The Hall–Kier alpha value is -4.47. The average molecular weight is 503 g/mol. The van der Waals surface area contributed by atoms with Gasteiger partial charge in [-0.05, 0) is 60.4 Å². The third-order valence-electron chi connectivity index (χ3n) is 6.89. The van der Waals surface area contributed by atoms with E-state index in [0.717, 1.165) is 22.2 Å². The largest absolute Gasteiger partial charge is 0.416 e. The fourth-order valence-electron chi connectivity index (χ4n) is 5.15. The van der Waals surface area contributed by atoms with Crippen molar-refractivity contribution in [2.45, 2.75) is 25.1 Å². The summed E-state index contributed by atoms with van der Waals surface area (Å²) in [5, 5.41) is 6.48. The second-order valence-electron chi connectivity index (χ2n) is 9.16. The van der Waals surface area contributed by atoms with Crippen LogP contribution in [0.5, 0.6) is 0 Å². The molecule has 0 unspecified atom stereocenters. The minimum Gasteiger partial charge on any atom is -0.383 e. The van der Waals surface area contributed by atoms with E-state index in [2.05, 4.69) is 15.1 Å². The lowest BCUT2D eigenvalue weighted by Crippen LogP contribution is -2.34. The van der Waals surface area contributed by atoms with E-state index in [1.165, 1.54) is 12.1 Å². The fourth-order valence-corrected chi connectivity index (χ4v) is 5.15. The molecule has 5 aromatic rings. The highest BCUT2D eigenvalue weighted by molar-refractivity contribution is 6.13. The van der Waals surface area contributed by atoms with Crippen molar-refractivity contribution in [3.63, 3.8) is 0 Å². The lowest BCUT2D eigenvalue weighted by Gasteiger charge is -2.29. The molecule has 2 N–H and O–H groups in total. The Bertz CT molecular complexity index is 1690. The number of anilines is 2. The molecule has 0 bridgehead atoms. The molecule has 0 radical (unpaired) electrons. The fraction of sp³-hybridized carbons (Fsp3) is 0.185. The summed E-state index contributed by atoms with van der Waals surface area (Å²) in [6.45, 7) is 0. The van der Waals surface area contributed by atoms with E-state index in [4.69, 9.17) is 5.73 Å². The van der Waals surface area contributed by atoms with E-state index in [-0.39, 0.29) is 5.91 Å². The number of halogens is 3. The molecule has 37 heavy (non-hydrogen) atoms. The third-order valence-corrected chi connectivity index (χ3v) is 6.89. The summed E-state index contributed by atoms with van der Waals surface area (Å²) >= 11 is 0. The lowest BCUT2D eigenvalue weighted by molar-refractivity contribution is -0.137. The summed E-state index contributed by atoms with van der Waals surface area (Å²) < 4.78 is 41.5. The van der Waals surface area contributed by atoms with E-state index in [1.807, 2.05) is 0 Å². The van der Waals surface area contributed by atoms with Crippen LogP contribution in [-0.4, -0.2) is 25.7 Å². The third kappa shape index (κ3) is 3.85. The number of alkyl halides is 3. The van der Waals surface area contributed by atoms with Crippen LogP contribution in [0.3, 0.4) is 0 Å². The standard InChI is InChI=1S/C27H21F3N6O/c1-35-14-18(12-33-35)36(24-7-3-15-10-17(27(28,29)30)4-5-19(15)24)26(37)16-2-6-23-21(11-16)22-13-32-9-8-20(22)25(31)34-23/h2,4-6,8-14,24H,3,7H2,1H3,(H2,31,34)/t24-/m1/s1. The SMILES string of the molecule is Cn1cc(N(C(=O)c2ccc3nc(N)c4ccncc4c3c2)[C@@H]2CCc3cc(C(F)(F)F)ccc32)cn1. The lowest BCUT2D eigenvalue weighted by atomic mass is 10.0. The van der Waals surface area contributed by atoms with Crippen LogP contribution in [-0.2, 0) is 19.6 Å². The molecule has 3 aromatic heterocycles. The Kier molecular flexibility index (Phi) is 5.15. The minimum atomic E-state index is -4.42. The van der Waals surface area contributed by atoms with Crippen LogP contribution in [0.2, 0.25) is 0 Å². The molecule has 0 aliphatic heterocycles. The molecule has 0 saturated heterocycles. The summed E-state index contributed by atoms with van der Waals surface area (Å²) in [5.41, 5.74) is 8.33. The molecule has 1 amide bonds. The van der Waals surface area contributed by atoms with Gasteiger partial charge >= 0.3 is 6.18 Å². The highest BCUT2D eigenvalue weighted by Crippen LogP contribution is 2.42. The minimum absolute atomic E-state index is 0.290. The van der Waals surface area contributed by atoms with E-state index in [1.54, 1.807) is 65.7 Å². The van der Waals surface area contributed by atoms with Crippen LogP contribution in [0.4, 0.5) is 24.7 Å². The van der Waals surface area contributed by atoms with Crippen molar-refractivity contribution in [2.75, 3.05) is 10.6 Å². The highest BCUT2D eigenvalue weighted by Gasteiger charge is 2.36. The van der Waals surface area contributed by atoms with E-state index in [0.29, 0.717) is 46.6 Å². The molecule has 1 atom stereocenters. The van der Waals surface area contributed by atoms with E-state index in [9.17, 15) is 18.0 Å². The summed E-state index contributed by atoms with van der Waals surface area (Å²) in [7, 11) is 1.75. The van der Waals surface area contributed by atoms with Crippen molar-refractivity contribution in [1.82, 2.24) is 19.7 Å². The summed E-state index contributed by atoms with van der Waals surface area (Å²) in [4.78, 5) is 24.4. The number of amides is 1. The maximum Gasteiger partial charge on any atom is 0.416 e. The van der Waals surface area contributed by atoms with E-state index >= 15 is 0 Å². The van der Waals surface area contributed by atoms with Gasteiger partial charge in [-0.3, -0.25) is 19.4 Å². The second kappa shape index (κ2) is 8.29. The molecule has 1 aliphatic rings. The molecule has 10 heteroatoms. The quantitative estimate of drug-likeness (QED) is 0.331. The molecule has 6 rings (SSSR count). The number of carbonyl (C=O) groups excluding carboxylic acids is 1. The van der Waals surface area contributed by atoms with Gasteiger partial charge in [0.15, 0.2) is 0 Å². The van der Waals surface area contributed by atoms with Crippen molar-refractivity contribution < 1.29 is 18.0 Å². The molecular formula is C27H21F3N6O. The molecular weight excluding hydrogens is 481 g/mol. The van der Waals surface area contributed by atoms with Crippen molar-refractivity contribution in [2.24, 2.45) is 7.05 Å². The topological polar surface area (TPSA) is 89.9 Å². The molecule has 0 fully saturated rings. The maximum atomic E-state index is 14.1. The molecule has 3 heterocycles. The zero-order chi connectivity index (χ0) is 25.9. The van der Waals surface area contributed by atoms with Gasteiger partial charge in [0.25, 0.3) is 5.91 Å². The van der Waals surface area contributed by atoms with Gasteiger partial charge in [-0.2, -0.15) is 18.3 Å². The van der Waals surface area contributed by atoms with Crippen molar-refractivity contribution in [3.8, 4) is 0 Å². The van der Waals surface area contributed by atoms with Gasteiger partial charge in [0.05, 0.1) is 29.0 Å². The molecule has 0 saturated carbocycles. The maximum absolute atomic E-state index is 14.1. The number of nitrogen functional groups attached to an aromatic ring is 1. The number of fused-ring (bicyclic) bond motifs is 4. The molecule has 0 spiro atoms. The number of pyridine rings is 2. The van der Waals surface area contributed by atoms with Gasteiger partial charge in [-0.15, -0.1) is 0 Å². The zero-order valence-corrected chi connectivity index (χ0v) is 19.7. The number of nitrogens with two attached hydrogens (primary N) is 1. The number of aryl methyl sites for hydroxylation is 2. The zero-order valence-electron chi connectivity index (χ0n) is 19.7. The van der Waals surface area contributed by atoms with Gasteiger partial charge in [-0.25, -0.2) is 4.98 Å². The average Bonchev–Trinajstić information content (AvgIpc) is 3.50. The van der Waals surface area contributed by atoms with Gasteiger partial charge < -0.3 is 5.73 Å².